The second-order valence-corrected chi connectivity index (χ2v) is 5.48. The lowest BCUT2D eigenvalue weighted by atomic mass is 10.2. The quantitative estimate of drug-likeness (QED) is 0.727. The largest absolute Gasteiger partial charge is 0.351 e. The van der Waals surface area contributed by atoms with Crippen molar-refractivity contribution in [2.45, 2.75) is 6.92 Å². The number of anilines is 3. The van der Waals surface area contributed by atoms with E-state index >= 15 is 0 Å². The summed E-state index contributed by atoms with van der Waals surface area (Å²) in [6.07, 6.45) is 1.40. The van der Waals surface area contributed by atoms with Crippen LogP contribution in [0.3, 0.4) is 0 Å². The number of nitrogens with zero attached hydrogens (tertiary/aromatic N) is 1. The Hall–Kier alpha value is -3.28. The van der Waals surface area contributed by atoms with Gasteiger partial charge < -0.3 is 10.6 Å². The first kappa shape index (κ1) is 16.6. The van der Waals surface area contributed by atoms with E-state index < -0.39 is 17.5 Å². The summed E-state index contributed by atoms with van der Waals surface area (Å²) < 4.78 is 27.4. The van der Waals surface area contributed by atoms with Crippen LogP contribution in [-0.2, 0) is 0 Å². The molecule has 0 aliphatic carbocycles. The van der Waals surface area contributed by atoms with Gasteiger partial charge >= 0.3 is 0 Å². The number of para-hydroxylation sites is 1. The Morgan fingerprint density at radius 1 is 0.960 bits per heavy atom. The average molecular weight is 339 g/mol. The highest BCUT2D eigenvalue weighted by molar-refractivity contribution is 6.03. The summed E-state index contributed by atoms with van der Waals surface area (Å²) in [6, 6.07) is 13.9. The van der Waals surface area contributed by atoms with E-state index in [0.717, 1.165) is 17.7 Å². The molecule has 0 radical (unpaired) electrons. The Morgan fingerprint density at radius 3 is 2.40 bits per heavy atom. The summed E-state index contributed by atoms with van der Waals surface area (Å²) in [7, 11) is 0. The molecule has 126 valence electrons. The van der Waals surface area contributed by atoms with Gasteiger partial charge in [0.2, 0.25) is 0 Å². The zero-order valence-electron chi connectivity index (χ0n) is 13.4. The van der Waals surface area contributed by atoms with Gasteiger partial charge in [-0.3, -0.25) is 9.78 Å². The molecule has 2 N–H and O–H groups in total. The van der Waals surface area contributed by atoms with Crippen LogP contribution in [0.1, 0.15) is 16.1 Å². The van der Waals surface area contributed by atoms with Gasteiger partial charge in [-0.25, -0.2) is 8.78 Å². The zero-order valence-corrected chi connectivity index (χ0v) is 13.4. The van der Waals surface area contributed by atoms with E-state index in [1.54, 1.807) is 6.07 Å². The summed E-state index contributed by atoms with van der Waals surface area (Å²) in [5.74, 6) is -1.85. The second kappa shape index (κ2) is 7.09. The van der Waals surface area contributed by atoms with Crippen LogP contribution in [0.5, 0.6) is 0 Å². The number of nitrogens with one attached hydrogen (secondary N) is 2. The maximum absolute atomic E-state index is 13.7. The van der Waals surface area contributed by atoms with E-state index in [9.17, 15) is 13.6 Å². The molecule has 1 aromatic heterocycles. The highest BCUT2D eigenvalue weighted by Gasteiger charge is 2.12. The summed E-state index contributed by atoms with van der Waals surface area (Å²) in [5, 5.41) is 5.37. The minimum absolute atomic E-state index is 0.128. The molecule has 0 aliphatic heterocycles. The van der Waals surface area contributed by atoms with Gasteiger partial charge in [0, 0.05) is 17.6 Å². The van der Waals surface area contributed by atoms with Crippen LogP contribution in [0.4, 0.5) is 25.8 Å². The van der Waals surface area contributed by atoms with E-state index in [2.05, 4.69) is 15.6 Å². The van der Waals surface area contributed by atoms with Gasteiger partial charge in [-0.2, -0.15) is 0 Å². The SMILES string of the molecule is Cc1cccc(NC(=O)c2cc(Nc3c(F)cccc3F)ccn2)c1. The fourth-order valence-corrected chi connectivity index (χ4v) is 2.31. The zero-order chi connectivity index (χ0) is 17.8. The van der Waals surface area contributed by atoms with E-state index in [1.807, 2.05) is 25.1 Å². The number of rotatable bonds is 4. The van der Waals surface area contributed by atoms with E-state index in [0.29, 0.717) is 11.4 Å². The first-order valence-corrected chi connectivity index (χ1v) is 7.58. The molecule has 3 aromatic rings. The highest BCUT2D eigenvalue weighted by Crippen LogP contribution is 2.23. The van der Waals surface area contributed by atoms with Crippen molar-refractivity contribution in [2.75, 3.05) is 10.6 Å². The molecular formula is C19H15F2N3O. The maximum Gasteiger partial charge on any atom is 0.274 e. The van der Waals surface area contributed by atoms with Crippen molar-refractivity contribution in [2.24, 2.45) is 0 Å². The van der Waals surface area contributed by atoms with Crippen LogP contribution in [0.15, 0.2) is 60.8 Å². The second-order valence-electron chi connectivity index (χ2n) is 5.48. The van der Waals surface area contributed by atoms with Crippen molar-refractivity contribution in [1.82, 2.24) is 4.98 Å². The number of pyridine rings is 1. The van der Waals surface area contributed by atoms with Crippen LogP contribution >= 0.6 is 0 Å². The molecule has 6 heteroatoms. The molecule has 3 rings (SSSR count). The molecule has 0 fully saturated rings. The Labute approximate surface area is 143 Å². The number of aryl methyl sites for hydroxylation is 1. The average Bonchev–Trinajstić information content (AvgIpc) is 2.58. The molecule has 0 saturated heterocycles. The van der Waals surface area contributed by atoms with Crippen LogP contribution in [-0.4, -0.2) is 10.9 Å². The lowest BCUT2D eigenvalue weighted by Gasteiger charge is -2.10. The number of halogens is 2. The maximum atomic E-state index is 13.7. The Balaban J connectivity index is 1.80. The van der Waals surface area contributed by atoms with Crippen molar-refractivity contribution in [3.8, 4) is 0 Å². The van der Waals surface area contributed by atoms with Crippen molar-refractivity contribution >= 4 is 23.0 Å². The highest BCUT2D eigenvalue weighted by atomic mass is 19.1. The van der Waals surface area contributed by atoms with Gasteiger partial charge in [0.05, 0.1) is 0 Å². The summed E-state index contributed by atoms with van der Waals surface area (Å²) in [5.41, 5.74) is 1.86. The summed E-state index contributed by atoms with van der Waals surface area (Å²) in [6.45, 7) is 1.92. The van der Waals surface area contributed by atoms with Gasteiger partial charge in [0.1, 0.15) is 23.0 Å². The number of hydrogen-bond acceptors (Lipinski definition) is 3. The third-order valence-electron chi connectivity index (χ3n) is 3.50. The topological polar surface area (TPSA) is 54.0 Å². The monoisotopic (exact) mass is 339 g/mol. The fourth-order valence-electron chi connectivity index (χ4n) is 2.31. The third-order valence-corrected chi connectivity index (χ3v) is 3.50. The molecule has 0 atom stereocenters. The predicted molar refractivity (Wildman–Crippen MR) is 93.0 cm³/mol. The van der Waals surface area contributed by atoms with Crippen LogP contribution < -0.4 is 10.6 Å². The Bertz CT molecular complexity index is 908. The molecule has 0 aliphatic rings. The molecule has 1 heterocycles. The first-order chi connectivity index (χ1) is 12.0. The number of benzene rings is 2. The van der Waals surface area contributed by atoms with Gasteiger partial charge in [0.15, 0.2) is 0 Å². The van der Waals surface area contributed by atoms with E-state index in [1.165, 1.54) is 24.4 Å². The van der Waals surface area contributed by atoms with Gasteiger partial charge in [-0.1, -0.05) is 18.2 Å². The molecule has 0 unspecified atom stereocenters. The van der Waals surface area contributed by atoms with E-state index in [-0.39, 0.29) is 11.4 Å². The van der Waals surface area contributed by atoms with Gasteiger partial charge in [-0.05, 0) is 48.9 Å². The molecule has 1 amide bonds. The fraction of sp³-hybridized carbons (Fsp3) is 0.0526. The van der Waals surface area contributed by atoms with Crippen LogP contribution in [0.25, 0.3) is 0 Å². The van der Waals surface area contributed by atoms with Crippen LogP contribution in [0.2, 0.25) is 0 Å². The number of amides is 1. The standard InChI is InChI=1S/C19H15F2N3O/c1-12-4-2-5-13(10-12)24-19(25)17-11-14(8-9-22-17)23-18-15(20)6-3-7-16(18)21/h2-11H,1H3,(H,22,23)(H,24,25). The minimum atomic E-state index is -0.720. The van der Waals surface area contributed by atoms with Gasteiger partial charge in [-0.15, -0.1) is 0 Å². The van der Waals surface area contributed by atoms with Crippen molar-refractivity contribution in [1.29, 1.82) is 0 Å². The molecule has 2 aromatic carbocycles. The van der Waals surface area contributed by atoms with E-state index in [4.69, 9.17) is 0 Å². The number of aromatic nitrogens is 1. The molecule has 0 saturated carbocycles. The molecule has 4 nitrogen and oxygen atoms in total. The Kier molecular flexibility index (Phi) is 4.70. The lowest BCUT2D eigenvalue weighted by Crippen LogP contribution is -2.14. The number of hydrogen-bond donors (Lipinski definition) is 2. The normalized spacial score (nSPS) is 10.4. The van der Waals surface area contributed by atoms with Crippen molar-refractivity contribution < 1.29 is 13.6 Å². The third kappa shape index (κ3) is 3.98. The van der Waals surface area contributed by atoms with Crippen LogP contribution in [0, 0.1) is 18.6 Å². The molecule has 25 heavy (non-hydrogen) atoms. The number of carbonyl (C=O) groups is 1. The minimum Gasteiger partial charge on any atom is -0.351 e. The van der Waals surface area contributed by atoms with Crippen molar-refractivity contribution in [3.63, 3.8) is 0 Å². The van der Waals surface area contributed by atoms with Crippen molar-refractivity contribution in [3.05, 3.63) is 83.7 Å². The number of carbonyl (C=O) groups excluding carboxylic acids is 1. The Morgan fingerprint density at radius 2 is 1.68 bits per heavy atom. The molecular weight excluding hydrogens is 324 g/mol. The molecule has 0 spiro atoms. The lowest BCUT2D eigenvalue weighted by molar-refractivity contribution is 0.102. The smallest absolute Gasteiger partial charge is 0.274 e. The first-order valence-electron chi connectivity index (χ1n) is 7.58. The summed E-state index contributed by atoms with van der Waals surface area (Å²) in [4.78, 5) is 16.3. The predicted octanol–water partition coefficient (Wildman–Crippen LogP) is 4.66. The molecule has 0 bridgehead atoms. The van der Waals surface area contributed by atoms with Gasteiger partial charge in [0.25, 0.3) is 5.91 Å². The summed E-state index contributed by atoms with van der Waals surface area (Å²) >= 11 is 0.